The maximum absolute atomic E-state index is 14.2. The van der Waals surface area contributed by atoms with E-state index >= 15 is 0 Å². The predicted molar refractivity (Wildman–Crippen MR) is 109 cm³/mol. The highest BCUT2D eigenvalue weighted by Crippen LogP contribution is 2.25. The first-order chi connectivity index (χ1) is 13.6. The first-order valence-electron chi connectivity index (χ1n) is 8.89. The number of anilines is 2. The van der Waals surface area contributed by atoms with Crippen LogP contribution in [0.5, 0.6) is 0 Å². The fourth-order valence-corrected chi connectivity index (χ4v) is 4.03. The standard InChI is InChI=1S/C20H23FN2O5S/c1-5-28-20(25)15-9-8-11-17(13(15)2)22-19(24)14(3)23(29(4,26)27)18-12-7-6-10-16(18)21/h6-12,14H,5H2,1-4H3,(H,22,24). The van der Waals surface area contributed by atoms with Crippen molar-refractivity contribution in [2.75, 3.05) is 22.5 Å². The molecular weight excluding hydrogens is 399 g/mol. The zero-order valence-electron chi connectivity index (χ0n) is 16.6. The van der Waals surface area contributed by atoms with Gasteiger partial charge in [-0.25, -0.2) is 17.6 Å². The van der Waals surface area contributed by atoms with Crippen LogP contribution >= 0.6 is 0 Å². The number of esters is 1. The third kappa shape index (κ3) is 5.11. The van der Waals surface area contributed by atoms with Gasteiger partial charge in [0.05, 0.1) is 24.1 Å². The molecular formula is C20H23FN2O5S. The van der Waals surface area contributed by atoms with Crippen LogP contribution in [0.25, 0.3) is 0 Å². The van der Waals surface area contributed by atoms with Crippen LogP contribution in [0.3, 0.4) is 0 Å². The molecule has 7 nitrogen and oxygen atoms in total. The fraction of sp³-hybridized carbons (Fsp3) is 0.300. The Morgan fingerprint density at radius 3 is 2.41 bits per heavy atom. The van der Waals surface area contributed by atoms with E-state index < -0.39 is 33.8 Å². The molecule has 2 rings (SSSR count). The molecule has 1 unspecified atom stereocenters. The van der Waals surface area contributed by atoms with E-state index in [1.54, 1.807) is 32.0 Å². The van der Waals surface area contributed by atoms with Crippen LogP contribution in [0.1, 0.15) is 29.8 Å². The van der Waals surface area contributed by atoms with Gasteiger partial charge in [0.1, 0.15) is 11.9 Å². The van der Waals surface area contributed by atoms with Crippen LogP contribution in [-0.4, -0.2) is 39.2 Å². The minimum atomic E-state index is -3.96. The molecule has 0 saturated heterocycles. The van der Waals surface area contributed by atoms with Gasteiger partial charge in [0.15, 0.2) is 0 Å². The number of nitrogens with zero attached hydrogens (tertiary/aromatic N) is 1. The van der Waals surface area contributed by atoms with E-state index in [0.717, 1.165) is 16.6 Å². The van der Waals surface area contributed by atoms with Crippen LogP contribution in [0.4, 0.5) is 15.8 Å². The lowest BCUT2D eigenvalue weighted by Crippen LogP contribution is -2.45. The van der Waals surface area contributed by atoms with Crippen LogP contribution < -0.4 is 9.62 Å². The van der Waals surface area contributed by atoms with Crippen molar-refractivity contribution in [2.24, 2.45) is 0 Å². The molecule has 1 atom stereocenters. The lowest BCUT2D eigenvalue weighted by Gasteiger charge is -2.28. The molecule has 1 amide bonds. The topological polar surface area (TPSA) is 92.8 Å². The summed E-state index contributed by atoms with van der Waals surface area (Å²) in [5, 5.41) is 2.61. The largest absolute Gasteiger partial charge is 0.462 e. The highest BCUT2D eigenvalue weighted by atomic mass is 32.2. The van der Waals surface area contributed by atoms with E-state index in [1.165, 1.54) is 25.1 Å². The molecule has 0 radical (unpaired) electrons. The molecule has 0 aliphatic rings. The number of carbonyl (C=O) groups excluding carboxylic acids is 2. The normalized spacial score (nSPS) is 12.2. The summed E-state index contributed by atoms with van der Waals surface area (Å²) in [6.45, 7) is 4.88. The van der Waals surface area contributed by atoms with Gasteiger partial charge >= 0.3 is 5.97 Å². The number of halogens is 1. The van der Waals surface area contributed by atoms with Gasteiger partial charge in [0, 0.05) is 5.69 Å². The Labute approximate surface area is 169 Å². The molecule has 29 heavy (non-hydrogen) atoms. The molecule has 0 heterocycles. The summed E-state index contributed by atoms with van der Waals surface area (Å²) >= 11 is 0. The number of para-hydroxylation sites is 1. The summed E-state index contributed by atoms with van der Waals surface area (Å²) in [5.41, 5.74) is 0.860. The molecule has 0 bridgehead atoms. The molecule has 0 fully saturated rings. The number of benzene rings is 2. The maximum Gasteiger partial charge on any atom is 0.338 e. The highest BCUT2D eigenvalue weighted by molar-refractivity contribution is 7.92. The van der Waals surface area contributed by atoms with Gasteiger partial charge in [0.25, 0.3) is 0 Å². The van der Waals surface area contributed by atoms with Crippen molar-refractivity contribution >= 4 is 33.3 Å². The Balaban J connectivity index is 2.35. The first-order valence-corrected chi connectivity index (χ1v) is 10.7. The van der Waals surface area contributed by atoms with Crippen molar-refractivity contribution < 1.29 is 27.1 Å². The summed E-state index contributed by atoms with van der Waals surface area (Å²) in [4.78, 5) is 24.8. The third-order valence-electron chi connectivity index (χ3n) is 4.27. The minimum absolute atomic E-state index is 0.206. The van der Waals surface area contributed by atoms with E-state index in [-0.39, 0.29) is 17.9 Å². The Morgan fingerprint density at radius 2 is 1.83 bits per heavy atom. The summed E-state index contributed by atoms with van der Waals surface area (Å²) in [6.07, 6.45) is 0.899. The number of sulfonamides is 1. The lowest BCUT2D eigenvalue weighted by molar-refractivity contribution is -0.116. The predicted octanol–water partition coefficient (Wildman–Crippen LogP) is 3.10. The average molecular weight is 422 g/mol. The molecule has 1 N–H and O–H groups in total. The number of ether oxygens (including phenoxy) is 1. The van der Waals surface area contributed by atoms with Crippen molar-refractivity contribution in [3.05, 3.63) is 59.4 Å². The van der Waals surface area contributed by atoms with E-state index in [9.17, 15) is 22.4 Å². The third-order valence-corrected chi connectivity index (χ3v) is 5.49. The van der Waals surface area contributed by atoms with Crippen LogP contribution in [0.2, 0.25) is 0 Å². The van der Waals surface area contributed by atoms with Crippen LogP contribution in [0, 0.1) is 12.7 Å². The van der Waals surface area contributed by atoms with Gasteiger partial charge in [-0.15, -0.1) is 0 Å². The first kappa shape index (κ1) is 22.4. The molecule has 2 aromatic carbocycles. The Kier molecular flexibility index (Phi) is 6.97. The van der Waals surface area contributed by atoms with E-state index in [2.05, 4.69) is 5.32 Å². The minimum Gasteiger partial charge on any atom is -0.462 e. The van der Waals surface area contributed by atoms with Crippen LogP contribution in [-0.2, 0) is 19.6 Å². The van der Waals surface area contributed by atoms with Crippen LogP contribution in [0.15, 0.2) is 42.5 Å². The Bertz CT molecular complexity index is 1020. The smallest absolute Gasteiger partial charge is 0.338 e. The summed E-state index contributed by atoms with van der Waals surface area (Å²) in [7, 11) is -3.96. The number of carbonyl (C=O) groups is 2. The van der Waals surface area contributed by atoms with Crippen molar-refractivity contribution in [3.8, 4) is 0 Å². The van der Waals surface area contributed by atoms with E-state index in [1.807, 2.05) is 0 Å². The monoisotopic (exact) mass is 422 g/mol. The van der Waals surface area contributed by atoms with Gasteiger partial charge in [0.2, 0.25) is 15.9 Å². The second kappa shape index (κ2) is 9.04. The van der Waals surface area contributed by atoms with Gasteiger partial charge in [-0.1, -0.05) is 18.2 Å². The number of amides is 1. The van der Waals surface area contributed by atoms with Crippen molar-refractivity contribution in [1.29, 1.82) is 0 Å². The van der Waals surface area contributed by atoms with Gasteiger partial charge in [-0.05, 0) is 50.6 Å². The number of hydrogen-bond donors (Lipinski definition) is 1. The second-order valence-corrected chi connectivity index (χ2v) is 8.23. The van der Waals surface area contributed by atoms with Gasteiger partial charge in [-0.3, -0.25) is 9.10 Å². The molecule has 156 valence electrons. The number of rotatable bonds is 7. The van der Waals surface area contributed by atoms with Crippen molar-refractivity contribution in [3.63, 3.8) is 0 Å². The quantitative estimate of drug-likeness (QED) is 0.692. The van der Waals surface area contributed by atoms with E-state index in [4.69, 9.17) is 4.74 Å². The molecule has 0 spiro atoms. The van der Waals surface area contributed by atoms with E-state index in [0.29, 0.717) is 11.3 Å². The summed E-state index contributed by atoms with van der Waals surface area (Å²) in [5.74, 6) is -1.97. The number of hydrogen-bond acceptors (Lipinski definition) is 5. The second-order valence-electron chi connectivity index (χ2n) is 6.37. The van der Waals surface area contributed by atoms with Gasteiger partial charge < -0.3 is 10.1 Å². The fourth-order valence-electron chi connectivity index (χ4n) is 2.85. The maximum atomic E-state index is 14.2. The average Bonchev–Trinajstić information content (AvgIpc) is 2.64. The molecule has 9 heteroatoms. The van der Waals surface area contributed by atoms with Crippen molar-refractivity contribution in [2.45, 2.75) is 26.8 Å². The molecule has 0 aliphatic carbocycles. The summed E-state index contributed by atoms with van der Waals surface area (Å²) in [6, 6.07) is 8.78. The molecule has 0 saturated carbocycles. The molecule has 0 aromatic heterocycles. The zero-order chi connectivity index (χ0) is 21.8. The highest BCUT2D eigenvalue weighted by Gasteiger charge is 2.31. The van der Waals surface area contributed by atoms with Crippen molar-refractivity contribution in [1.82, 2.24) is 0 Å². The zero-order valence-corrected chi connectivity index (χ0v) is 17.4. The Morgan fingerprint density at radius 1 is 1.17 bits per heavy atom. The molecule has 2 aromatic rings. The Hall–Kier alpha value is -2.94. The number of nitrogens with one attached hydrogen (secondary N) is 1. The van der Waals surface area contributed by atoms with Gasteiger partial charge in [-0.2, -0.15) is 0 Å². The molecule has 0 aliphatic heterocycles. The SMILES string of the molecule is CCOC(=O)c1cccc(NC(=O)C(C)N(c2ccccc2F)S(C)(=O)=O)c1C. The lowest BCUT2D eigenvalue weighted by atomic mass is 10.1. The summed E-state index contributed by atoms with van der Waals surface area (Å²) < 4.78 is 44.5.